The number of imide groups is 1. The molecule has 1 heterocycles. The summed E-state index contributed by atoms with van der Waals surface area (Å²) in [5.41, 5.74) is 1.95. The van der Waals surface area contributed by atoms with Gasteiger partial charge in [0, 0.05) is 4.47 Å². The van der Waals surface area contributed by atoms with Crippen molar-refractivity contribution in [2.45, 2.75) is 18.9 Å². The van der Waals surface area contributed by atoms with Gasteiger partial charge in [-0.2, -0.15) is 0 Å². The lowest BCUT2D eigenvalue weighted by atomic mass is 10.0. The molecule has 118 valence electrons. The van der Waals surface area contributed by atoms with E-state index in [1.54, 1.807) is 0 Å². The van der Waals surface area contributed by atoms with E-state index in [4.69, 9.17) is 4.74 Å². The number of rotatable bonds is 4. The van der Waals surface area contributed by atoms with Gasteiger partial charge in [0.15, 0.2) is 0 Å². The van der Waals surface area contributed by atoms with Crippen molar-refractivity contribution >= 4 is 27.9 Å². The third-order valence-corrected chi connectivity index (χ3v) is 4.34. The van der Waals surface area contributed by atoms with E-state index < -0.39 is 6.09 Å². The summed E-state index contributed by atoms with van der Waals surface area (Å²) in [5.74, 6) is -0.226. The predicted octanol–water partition coefficient (Wildman–Crippen LogP) is 3.58. The third kappa shape index (κ3) is 3.79. The zero-order chi connectivity index (χ0) is 16.2. The average Bonchev–Trinajstić information content (AvgIpc) is 2.91. The molecular weight excluding hydrogens is 358 g/mol. The minimum absolute atomic E-state index is 0.188. The van der Waals surface area contributed by atoms with Gasteiger partial charge in [0.25, 0.3) is 0 Å². The molecule has 1 fully saturated rings. The van der Waals surface area contributed by atoms with Gasteiger partial charge in [0.05, 0.1) is 12.5 Å². The van der Waals surface area contributed by atoms with Gasteiger partial charge in [0.2, 0.25) is 5.91 Å². The highest BCUT2D eigenvalue weighted by atomic mass is 79.9. The number of cyclic esters (lactones) is 1. The minimum atomic E-state index is -0.548. The van der Waals surface area contributed by atoms with Gasteiger partial charge in [-0.15, -0.1) is 0 Å². The summed E-state index contributed by atoms with van der Waals surface area (Å²) in [7, 11) is 0. The highest BCUT2D eigenvalue weighted by Gasteiger charge is 2.37. The zero-order valence-corrected chi connectivity index (χ0v) is 14.0. The second-order valence-corrected chi connectivity index (χ2v) is 6.40. The van der Waals surface area contributed by atoms with E-state index in [1.807, 2.05) is 54.6 Å². The Balaban J connectivity index is 1.71. The molecule has 1 atom stereocenters. The van der Waals surface area contributed by atoms with Crippen LogP contribution in [0.3, 0.4) is 0 Å². The summed E-state index contributed by atoms with van der Waals surface area (Å²) in [6, 6.07) is 17.1. The largest absolute Gasteiger partial charge is 0.447 e. The number of halogens is 1. The molecule has 1 saturated heterocycles. The molecule has 5 heteroatoms. The maximum absolute atomic E-state index is 12.5. The molecule has 2 aromatic carbocycles. The third-order valence-electron chi connectivity index (χ3n) is 3.81. The standard InChI is InChI=1S/C18H16BrNO3/c19-15-8-6-14(7-9-15)11-17(21)20-16(12-23-18(20)22)10-13-4-2-1-3-5-13/h1-9,16H,10-12H2. The average molecular weight is 374 g/mol. The number of carbonyl (C=O) groups excluding carboxylic acids is 2. The van der Waals surface area contributed by atoms with Crippen LogP contribution in [-0.4, -0.2) is 29.5 Å². The summed E-state index contributed by atoms with van der Waals surface area (Å²) in [6.07, 6.45) is 0.250. The molecule has 3 rings (SSSR count). The fraction of sp³-hybridized carbons (Fsp3) is 0.222. The highest BCUT2D eigenvalue weighted by molar-refractivity contribution is 9.10. The molecule has 2 aromatic rings. The van der Waals surface area contributed by atoms with Gasteiger partial charge >= 0.3 is 6.09 Å². The molecule has 0 aliphatic carbocycles. The van der Waals surface area contributed by atoms with Crippen molar-refractivity contribution in [1.82, 2.24) is 4.90 Å². The van der Waals surface area contributed by atoms with Crippen molar-refractivity contribution in [3.63, 3.8) is 0 Å². The first-order valence-corrected chi connectivity index (χ1v) is 8.20. The van der Waals surface area contributed by atoms with Crippen molar-refractivity contribution in [3.05, 3.63) is 70.2 Å². The lowest BCUT2D eigenvalue weighted by molar-refractivity contribution is -0.128. The van der Waals surface area contributed by atoms with Crippen LogP contribution in [0.5, 0.6) is 0 Å². The Morgan fingerprint density at radius 3 is 2.48 bits per heavy atom. The Morgan fingerprint density at radius 1 is 1.09 bits per heavy atom. The summed E-state index contributed by atoms with van der Waals surface area (Å²) in [4.78, 5) is 25.7. The van der Waals surface area contributed by atoms with Crippen molar-refractivity contribution in [2.24, 2.45) is 0 Å². The molecule has 0 bridgehead atoms. The zero-order valence-electron chi connectivity index (χ0n) is 12.4. The maximum atomic E-state index is 12.5. The molecule has 0 aromatic heterocycles. The molecule has 23 heavy (non-hydrogen) atoms. The number of amides is 2. The van der Waals surface area contributed by atoms with Crippen molar-refractivity contribution in [1.29, 1.82) is 0 Å². The fourth-order valence-electron chi connectivity index (χ4n) is 2.66. The molecule has 0 N–H and O–H groups in total. The van der Waals surface area contributed by atoms with E-state index >= 15 is 0 Å². The monoisotopic (exact) mass is 373 g/mol. The van der Waals surface area contributed by atoms with Crippen LogP contribution < -0.4 is 0 Å². The van der Waals surface area contributed by atoms with Crippen molar-refractivity contribution in [2.75, 3.05) is 6.61 Å². The Morgan fingerprint density at radius 2 is 1.78 bits per heavy atom. The van der Waals surface area contributed by atoms with Gasteiger partial charge in [-0.1, -0.05) is 58.4 Å². The second kappa shape index (κ2) is 6.96. The van der Waals surface area contributed by atoms with Crippen LogP contribution in [0.25, 0.3) is 0 Å². The Bertz CT molecular complexity index is 700. The van der Waals surface area contributed by atoms with Crippen molar-refractivity contribution < 1.29 is 14.3 Å². The molecule has 4 nitrogen and oxygen atoms in total. The van der Waals surface area contributed by atoms with E-state index in [0.29, 0.717) is 6.42 Å². The molecule has 1 unspecified atom stereocenters. The second-order valence-electron chi connectivity index (χ2n) is 5.49. The quantitative estimate of drug-likeness (QED) is 0.822. The molecular formula is C18H16BrNO3. The number of nitrogens with zero attached hydrogens (tertiary/aromatic N) is 1. The van der Waals surface area contributed by atoms with Crippen LogP contribution in [0.2, 0.25) is 0 Å². The SMILES string of the molecule is O=C(Cc1ccc(Br)cc1)N1C(=O)OCC1Cc1ccccc1. The molecule has 0 radical (unpaired) electrons. The van der Waals surface area contributed by atoms with Gasteiger partial charge in [-0.3, -0.25) is 4.79 Å². The van der Waals surface area contributed by atoms with E-state index in [1.165, 1.54) is 4.90 Å². The lowest BCUT2D eigenvalue weighted by Crippen LogP contribution is -2.41. The van der Waals surface area contributed by atoms with Gasteiger partial charge in [-0.05, 0) is 29.7 Å². The van der Waals surface area contributed by atoms with Crippen LogP contribution in [0, 0.1) is 0 Å². The van der Waals surface area contributed by atoms with Crippen LogP contribution in [-0.2, 0) is 22.4 Å². The van der Waals surface area contributed by atoms with E-state index in [9.17, 15) is 9.59 Å². The summed E-state index contributed by atoms with van der Waals surface area (Å²) < 4.78 is 6.04. The van der Waals surface area contributed by atoms with Crippen LogP contribution in [0.4, 0.5) is 4.79 Å². The molecule has 0 saturated carbocycles. The predicted molar refractivity (Wildman–Crippen MR) is 90.0 cm³/mol. The molecule has 1 aliphatic heterocycles. The molecule has 1 aliphatic rings. The van der Waals surface area contributed by atoms with Crippen LogP contribution in [0.15, 0.2) is 59.1 Å². The highest BCUT2D eigenvalue weighted by Crippen LogP contribution is 2.19. The van der Waals surface area contributed by atoms with Crippen LogP contribution >= 0.6 is 15.9 Å². The van der Waals surface area contributed by atoms with E-state index in [0.717, 1.165) is 15.6 Å². The first-order valence-electron chi connectivity index (χ1n) is 7.40. The Labute approximate surface area is 143 Å². The van der Waals surface area contributed by atoms with E-state index in [-0.39, 0.29) is 25.0 Å². The number of hydrogen-bond donors (Lipinski definition) is 0. The lowest BCUT2D eigenvalue weighted by Gasteiger charge is -2.19. The number of carbonyl (C=O) groups is 2. The minimum Gasteiger partial charge on any atom is -0.447 e. The smallest absolute Gasteiger partial charge is 0.416 e. The van der Waals surface area contributed by atoms with E-state index in [2.05, 4.69) is 15.9 Å². The fourth-order valence-corrected chi connectivity index (χ4v) is 2.93. The first kappa shape index (κ1) is 15.7. The Kier molecular flexibility index (Phi) is 4.76. The van der Waals surface area contributed by atoms with Crippen LogP contribution in [0.1, 0.15) is 11.1 Å². The van der Waals surface area contributed by atoms with Gasteiger partial charge < -0.3 is 4.74 Å². The topological polar surface area (TPSA) is 46.6 Å². The molecule has 2 amide bonds. The number of ether oxygens (including phenoxy) is 1. The number of hydrogen-bond acceptors (Lipinski definition) is 3. The molecule has 0 spiro atoms. The van der Waals surface area contributed by atoms with Gasteiger partial charge in [-0.25, -0.2) is 9.69 Å². The van der Waals surface area contributed by atoms with Gasteiger partial charge in [0.1, 0.15) is 6.61 Å². The summed E-state index contributed by atoms with van der Waals surface area (Å²) >= 11 is 3.36. The van der Waals surface area contributed by atoms with Crippen molar-refractivity contribution in [3.8, 4) is 0 Å². The first-order chi connectivity index (χ1) is 11.1. The number of benzene rings is 2. The maximum Gasteiger partial charge on any atom is 0.416 e. The summed E-state index contributed by atoms with van der Waals surface area (Å²) in [5, 5.41) is 0. The Hall–Kier alpha value is -2.14. The normalized spacial score (nSPS) is 17.2. The summed E-state index contributed by atoms with van der Waals surface area (Å²) in [6.45, 7) is 0.250.